The van der Waals surface area contributed by atoms with Crippen molar-refractivity contribution in [2.45, 2.75) is 17.7 Å². The fourth-order valence-corrected chi connectivity index (χ4v) is 2.15. The summed E-state index contributed by atoms with van der Waals surface area (Å²) < 4.78 is 1.60. The molecule has 1 N–H and O–H groups in total. The first-order valence-corrected chi connectivity index (χ1v) is 6.31. The number of hydrogen-bond acceptors (Lipinski definition) is 6. The lowest BCUT2D eigenvalue weighted by Gasteiger charge is -2.06. The van der Waals surface area contributed by atoms with Crippen LogP contribution in [0, 0.1) is 11.3 Å². The van der Waals surface area contributed by atoms with Gasteiger partial charge in [-0.25, -0.2) is 0 Å². The number of tetrazole rings is 1. The van der Waals surface area contributed by atoms with Crippen LogP contribution in [0.1, 0.15) is 6.42 Å². The number of benzene rings is 1. The lowest BCUT2D eigenvalue weighted by molar-refractivity contribution is 0.205. The van der Waals surface area contributed by atoms with Gasteiger partial charge in [-0.1, -0.05) is 30.0 Å². The molecule has 0 bridgehead atoms. The highest BCUT2D eigenvalue weighted by Crippen LogP contribution is 2.19. The van der Waals surface area contributed by atoms with Crippen molar-refractivity contribution in [3.63, 3.8) is 0 Å². The Bertz CT molecular complexity index is 536. The molecule has 1 aromatic heterocycles. The highest BCUT2D eigenvalue weighted by Gasteiger charge is 2.11. The van der Waals surface area contributed by atoms with Crippen molar-refractivity contribution in [1.29, 1.82) is 5.26 Å². The summed E-state index contributed by atoms with van der Waals surface area (Å²) >= 11 is 1.32. The Morgan fingerprint density at radius 1 is 1.39 bits per heavy atom. The third-order valence-electron chi connectivity index (χ3n) is 2.17. The van der Waals surface area contributed by atoms with Gasteiger partial charge in [0.1, 0.15) is 0 Å². The SMILES string of the molecule is N#CCC(O)CSc1nnnn1-c1ccccc1. The summed E-state index contributed by atoms with van der Waals surface area (Å²) in [4.78, 5) is 0. The van der Waals surface area contributed by atoms with Crippen molar-refractivity contribution < 1.29 is 5.11 Å². The topological polar surface area (TPSA) is 87.6 Å². The number of nitrogens with zero attached hydrogens (tertiary/aromatic N) is 5. The monoisotopic (exact) mass is 261 g/mol. The first kappa shape index (κ1) is 12.5. The number of aliphatic hydroxyl groups is 1. The Labute approximate surface area is 108 Å². The van der Waals surface area contributed by atoms with Gasteiger partial charge in [0.2, 0.25) is 5.16 Å². The average molecular weight is 261 g/mol. The molecule has 92 valence electrons. The fraction of sp³-hybridized carbons (Fsp3) is 0.273. The standard InChI is InChI=1S/C11H11N5OS/c12-7-6-10(17)8-18-11-13-14-15-16(11)9-4-2-1-3-5-9/h1-5,10,17H,6,8H2. The summed E-state index contributed by atoms with van der Waals surface area (Å²) in [6.45, 7) is 0. The minimum absolute atomic E-state index is 0.111. The molecule has 7 heteroatoms. The smallest absolute Gasteiger partial charge is 0.214 e. The van der Waals surface area contributed by atoms with Gasteiger partial charge in [-0.05, 0) is 22.6 Å². The van der Waals surface area contributed by atoms with Crippen LogP contribution in [0.25, 0.3) is 5.69 Å². The minimum atomic E-state index is -0.666. The summed E-state index contributed by atoms with van der Waals surface area (Å²) in [6, 6.07) is 11.4. The molecule has 1 aromatic carbocycles. The molecule has 0 aliphatic heterocycles. The first-order chi connectivity index (χ1) is 8.81. The summed E-state index contributed by atoms with van der Waals surface area (Å²) in [5.41, 5.74) is 0.861. The van der Waals surface area contributed by atoms with Crippen molar-refractivity contribution in [2.75, 3.05) is 5.75 Å². The molecule has 0 amide bonds. The summed E-state index contributed by atoms with van der Waals surface area (Å²) in [6.07, 6.45) is -0.555. The van der Waals surface area contributed by atoms with Crippen LogP contribution < -0.4 is 0 Å². The van der Waals surface area contributed by atoms with Gasteiger partial charge in [-0.15, -0.1) is 5.10 Å². The molecule has 1 unspecified atom stereocenters. The van der Waals surface area contributed by atoms with E-state index < -0.39 is 6.10 Å². The number of hydrogen-bond donors (Lipinski definition) is 1. The molecule has 1 atom stereocenters. The maximum absolute atomic E-state index is 9.49. The number of nitriles is 1. The zero-order valence-electron chi connectivity index (χ0n) is 9.47. The first-order valence-electron chi connectivity index (χ1n) is 5.33. The second kappa shape index (κ2) is 6.14. The second-order valence-electron chi connectivity index (χ2n) is 3.54. The molecule has 0 aliphatic carbocycles. The van der Waals surface area contributed by atoms with Crippen LogP contribution in [0.3, 0.4) is 0 Å². The molecule has 0 radical (unpaired) electrons. The number of rotatable bonds is 5. The van der Waals surface area contributed by atoms with E-state index in [1.807, 2.05) is 36.4 Å². The van der Waals surface area contributed by atoms with Crippen LogP contribution in [0.4, 0.5) is 0 Å². The molecule has 0 aliphatic rings. The van der Waals surface area contributed by atoms with Crippen molar-refractivity contribution in [2.24, 2.45) is 0 Å². The maximum Gasteiger partial charge on any atom is 0.214 e. The molecule has 0 saturated heterocycles. The summed E-state index contributed by atoms with van der Waals surface area (Å²) in [7, 11) is 0. The Balaban J connectivity index is 2.07. The van der Waals surface area contributed by atoms with Gasteiger partial charge in [-0.3, -0.25) is 0 Å². The van der Waals surface area contributed by atoms with Gasteiger partial charge >= 0.3 is 0 Å². The average Bonchev–Trinajstić information content (AvgIpc) is 2.86. The van der Waals surface area contributed by atoms with E-state index in [9.17, 15) is 5.11 Å². The highest BCUT2D eigenvalue weighted by molar-refractivity contribution is 7.99. The molecular weight excluding hydrogens is 250 g/mol. The van der Waals surface area contributed by atoms with E-state index in [0.717, 1.165) is 5.69 Å². The van der Waals surface area contributed by atoms with Gasteiger partial charge in [0.05, 0.1) is 24.3 Å². The molecule has 2 rings (SSSR count). The quantitative estimate of drug-likeness (QED) is 0.809. The molecule has 1 heterocycles. The minimum Gasteiger partial charge on any atom is -0.391 e. The Hall–Kier alpha value is -1.91. The van der Waals surface area contributed by atoms with E-state index in [4.69, 9.17) is 5.26 Å². The molecular formula is C11H11N5OS. The Morgan fingerprint density at radius 3 is 2.89 bits per heavy atom. The zero-order valence-corrected chi connectivity index (χ0v) is 10.3. The van der Waals surface area contributed by atoms with Gasteiger partial charge in [0.15, 0.2) is 0 Å². The van der Waals surface area contributed by atoms with Crippen LogP contribution in [0.5, 0.6) is 0 Å². The van der Waals surface area contributed by atoms with Crippen LogP contribution in [0.15, 0.2) is 35.5 Å². The second-order valence-corrected chi connectivity index (χ2v) is 4.52. The van der Waals surface area contributed by atoms with E-state index >= 15 is 0 Å². The lowest BCUT2D eigenvalue weighted by Crippen LogP contribution is -2.09. The number of aliphatic hydroxyl groups excluding tert-OH is 1. The zero-order chi connectivity index (χ0) is 12.8. The van der Waals surface area contributed by atoms with Crippen LogP contribution in [0.2, 0.25) is 0 Å². The Kier molecular flexibility index (Phi) is 4.28. The molecule has 0 saturated carbocycles. The van der Waals surface area contributed by atoms with Crippen molar-refractivity contribution in [3.8, 4) is 11.8 Å². The fourth-order valence-electron chi connectivity index (χ4n) is 1.34. The van der Waals surface area contributed by atoms with E-state index in [0.29, 0.717) is 10.9 Å². The third-order valence-corrected chi connectivity index (χ3v) is 3.24. The van der Waals surface area contributed by atoms with Crippen molar-refractivity contribution in [3.05, 3.63) is 30.3 Å². The van der Waals surface area contributed by atoms with E-state index in [1.54, 1.807) is 4.68 Å². The van der Waals surface area contributed by atoms with E-state index in [-0.39, 0.29) is 6.42 Å². The van der Waals surface area contributed by atoms with Crippen LogP contribution >= 0.6 is 11.8 Å². The van der Waals surface area contributed by atoms with Crippen molar-refractivity contribution in [1.82, 2.24) is 20.2 Å². The molecule has 6 nitrogen and oxygen atoms in total. The molecule has 18 heavy (non-hydrogen) atoms. The normalized spacial score (nSPS) is 12.0. The van der Waals surface area contributed by atoms with Gasteiger partial charge in [0, 0.05) is 5.75 Å². The summed E-state index contributed by atoms with van der Waals surface area (Å²) in [5.74, 6) is 0.390. The highest BCUT2D eigenvalue weighted by atomic mass is 32.2. The largest absolute Gasteiger partial charge is 0.391 e. The predicted molar refractivity (Wildman–Crippen MR) is 66.1 cm³/mol. The third kappa shape index (κ3) is 3.06. The maximum atomic E-state index is 9.49. The van der Waals surface area contributed by atoms with Gasteiger partial charge in [0.25, 0.3) is 0 Å². The van der Waals surface area contributed by atoms with E-state index in [2.05, 4.69) is 15.5 Å². The number of thioether (sulfide) groups is 1. The number of para-hydroxylation sites is 1. The van der Waals surface area contributed by atoms with Gasteiger partial charge in [-0.2, -0.15) is 9.94 Å². The molecule has 0 fully saturated rings. The predicted octanol–water partition coefficient (Wildman–Crippen LogP) is 1.03. The number of aromatic nitrogens is 4. The van der Waals surface area contributed by atoms with Crippen LogP contribution in [-0.2, 0) is 0 Å². The van der Waals surface area contributed by atoms with Gasteiger partial charge < -0.3 is 5.11 Å². The van der Waals surface area contributed by atoms with Crippen LogP contribution in [-0.4, -0.2) is 37.2 Å². The molecule has 2 aromatic rings. The summed E-state index contributed by atoms with van der Waals surface area (Å²) in [5, 5.41) is 30.0. The lowest BCUT2D eigenvalue weighted by atomic mass is 10.3. The van der Waals surface area contributed by atoms with E-state index in [1.165, 1.54) is 11.8 Å². The molecule has 0 spiro atoms. The Morgan fingerprint density at radius 2 is 2.17 bits per heavy atom. The van der Waals surface area contributed by atoms with Crippen molar-refractivity contribution >= 4 is 11.8 Å².